The quantitative estimate of drug-likeness (QED) is 0.888. The number of hydrogen-bond donors (Lipinski definition) is 1. The van der Waals surface area contributed by atoms with Crippen LogP contribution in [0.2, 0.25) is 0 Å². The fraction of sp³-hybridized carbons (Fsp3) is 0.267. The average Bonchev–Trinajstić information content (AvgIpc) is 2.96. The standard InChI is InChI=1S/C15H16FNO2S/c1-2-19-13-6-5-11(10-12(13)16)7-8-17-15(18)14-4-3-9-20-14/h3-6,9-10H,2,7-8H2,1H3,(H,17,18). The third kappa shape index (κ3) is 3.81. The average molecular weight is 293 g/mol. The van der Waals surface area contributed by atoms with Gasteiger partial charge in [0.25, 0.3) is 5.91 Å². The number of ether oxygens (including phenoxy) is 1. The molecule has 1 heterocycles. The molecule has 20 heavy (non-hydrogen) atoms. The van der Waals surface area contributed by atoms with Gasteiger partial charge in [-0.05, 0) is 42.5 Å². The zero-order valence-corrected chi connectivity index (χ0v) is 12.0. The van der Waals surface area contributed by atoms with Crippen LogP contribution in [0.15, 0.2) is 35.7 Å². The van der Waals surface area contributed by atoms with Gasteiger partial charge in [-0.1, -0.05) is 12.1 Å². The second-order valence-electron chi connectivity index (χ2n) is 4.18. The van der Waals surface area contributed by atoms with Gasteiger partial charge in [0.2, 0.25) is 0 Å². The first-order valence-electron chi connectivity index (χ1n) is 6.43. The highest BCUT2D eigenvalue weighted by Crippen LogP contribution is 2.18. The minimum atomic E-state index is -0.367. The first kappa shape index (κ1) is 14.5. The molecule has 0 aliphatic heterocycles. The number of hydrogen-bond acceptors (Lipinski definition) is 3. The Bertz CT molecular complexity index is 569. The molecule has 1 aromatic carbocycles. The second kappa shape index (κ2) is 7.05. The van der Waals surface area contributed by atoms with Crippen LogP contribution in [0.1, 0.15) is 22.2 Å². The molecule has 0 bridgehead atoms. The first-order chi connectivity index (χ1) is 9.70. The number of benzene rings is 1. The maximum absolute atomic E-state index is 13.6. The molecular formula is C15H16FNO2S. The lowest BCUT2D eigenvalue weighted by atomic mass is 10.1. The molecule has 0 radical (unpaired) electrons. The lowest BCUT2D eigenvalue weighted by molar-refractivity contribution is 0.0958. The van der Waals surface area contributed by atoms with Crippen LogP contribution < -0.4 is 10.1 Å². The number of nitrogens with one attached hydrogen (secondary N) is 1. The summed E-state index contributed by atoms with van der Waals surface area (Å²) in [6.07, 6.45) is 0.584. The van der Waals surface area contributed by atoms with E-state index in [4.69, 9.17) is 4.74 Å². The molecule has 1 aromatic heterocycles. The van der Waals surface area contributed by atoms with Gasteiger partial charge in [-0.2, -0.15) is 0 Å². The van der Waals surface area contributed by atoms with Crippen molar-refractivity contribution in [3.8, 4) is 5.75 Å². The topological polar surface area (TPSA) is 38.3 Å². The van der Waals surface area contributed by atoms with Crippen LogP contribution in [-0.2, 0) is 6.42 Å². The van der Waals surface area contributed by atoms with E-state index in [1.165, 1.54) is 17.4 Å². The maximum atomic E-state index is 13.6. The van der Waals surface area contributed by atoms with E-state index in [9.17, 15) is 9.18 Å². The van der Waals surface area contributed by atoms with Gasteiger partial charge in [0.15, 0.2) is 11.6 Å². The predicted octanol–water partition coefficient (Wildman–Crippen LogP) is 3.26. The Morgan fingerprint density at radius 3 is 2.90 bits per heavy atom. The summed E-state index contributed by atoms with van der Waals surface area (Å²) in [7, 11) is 0. The van der Waals surface area contributed by atoms with E-state index in [0.29, 0.717) is 24.4 Å². The van der Waals surface area contributed by atoms with Crippen molar-refractivity contribution in [2.75, 3.05) is 13.2 Å². The molecule has 0 aliphatic rings. The largest absolute Gasteiger partial charge is 0.491 e. The normalized spacial score (nSPS) is 10.3. The highest BCUT2D eigenvalue weighted by Gasteiger charge is 2.07. The van der Waals surface area contributed by atoms with Gasteiger partial charge in [0, 0.05) is 6.54 Å². The Hall–Kier alpha value is -1.88. The molecule has 1 amide bonds. The summed E-state index contributed by atoms with van der Waals surface area (Å²) in [5.74, 6) is -0.195. The van der Waals surface area contributed by atoms with Crippen LogP contribution in [0.3, 0.4) is 0 Å². The van der Waals surface area contributed by atoms with Crippen molar-refractivity contribution in [3.63, 3.8) is 0 Å². The smallest absolute Gasteiger partial charge is 0.261 e. The molecule has 5 heteroatoms. The van der Waals surface area contributed by atoms with Gasteiger partial charge in [-0.25, -0.2) is 4.39 Å². The second-order valence-corrected chi connectivity index (χ2v) is 5.13. The lowest BCUT2D eigenvalue weighted by Gasteiger charge is -2.07. The van der Waals surface area contributed by atoms with Crippen molar-refractivity contribution in [1.29, 1.82) is 0 Å². The van der Waals surface area contributed by atoms with E-state index < -0.39 is 0 Å². The summed E-state index contributed by atoms with van der Waals surface area (Å²) >= 11 is 1.40. The van der Waals surface area contributed by atoms with Crippen LogP contribution in [0.4, 0.5) is 4.39 Å². The third-order valence-corrected chi connectivity index (χ3v) is 3.61. The Balaban J connectivity index is 1.85. The van der Waals surface area contributed by atoms with Crippen molar-refractivity contribution in [1.82, 2.24) is 5.32 Å². The first-order valence-corrected chi connectivity index (χ1v) is 7.31. The molecule has 2 rings (SSSR count). The third-order valence-electron chi connectivity index (χ3n) is 2.74. The maximum Gasteiger partial charge on any atom is 0.261 e. The predicted molar refractivity (Wildman–Crippen MR) is 77.9 cm³/mol. The minimum Gasteiger partial charge on any atom is -0.491 e. The summed E-state index contributed by atoms with van der Waals surface area (Å²) in [4.78, 5) is 12.4. The van der Waals surface area contributed by atoms with Crippen LogP contribution in [0.25, 0.3) is 0 Å². The number of amides is 1. The lowest BCUT2D eigenvalue weighted by Crippen LogP contribution is -2.24. The van der Waals surface area contributed by atoms with Crippen molar-refractivity contribution in [2.24, 2.45) is 0 Å². The molecule has 0 saturated heterocycles. The minimum absolute atomic E-state index is 0.0913. The van der Waals surface area contributed by atoms with Gasteiger partial charge in [-0.3, -0.25) is 4.79 Å². The molecule has 0 spiro atoms. The molecule has 0 unspecified atom stereocenters. The fourth-order valence-electron chi connectivity index (χ4n) is 1.79. The summed E-state index contributed by atoms with van der Waals surface area (Å²) in [6, 6.07) is 8.49. The molecule has 0 atom stereocenters. The van der Waals surface area contributed by atoms with E-state index in [2.05, 4.69) is 5.32 Å². The molecule has 0 aliphatic carbocycles. The number of carbonyl (C=O) groups excluding carboxylic acids is 1. The van der Waals surface area contributed by atoms with E-state index in [-0.39, 0.29) is 17.5 Å². The van der Waals surface area contributed by atoms with Gasteiger partial charge >= 0.3 is 0 Å². The van der Waals surface area contributed by atoms with Gasteiger partial charge in [0.1, 0.15) is 0 Å². The van der Waals surface area contributed by atoms with Crippen molar-refractivity contribution < 1.29 is 13.9 Å². The summed E-state index contributed by atoms with van der Waals surface area (Å²) in [5.41, 5.74) is 0.831. The summed E-state index contributed by atoms with van der Waals surface area (Å²) in [6.45, 7) is 2.73. The highest BCUT2D eigenvalue weighted by molar-refractivity contribution is 7.12. The van der Waals surface area contributed by atoms with Gasteiger partial charge in [0.05, 0.1) is 11.5 Å². The molecule has 3 nitrogen and oxygen atoms in total. The molecular weight excluding hydrogens is 277 g/mol. The molecule has 0 saturated carbocycles. The highest BCUT2D eigenvalue weighted by atomic mass is 32.1. The van der Waals surface area contributed by atoms with E-state index in [1.54, 1.807) is 12.1 Å². The Labute approximate surface area is 121 Å². The van der Waals surface area contributed by atoms with E-state index in [1.807, 2.05) is 24.4 Å². The summed E-state index contributed by atoms with van der Waals surface area (Å²) in [5, 5.41) is 4.67. The van der Waals surface area contributed by atoms with Crippen molar-refractivity contribution in [3.05, 3.63) is 52.0 Å². The van der Waals surface area contributed by atoms with Crippen molar-refractivity contribution in [2.45, 2.75) is 13.3 Å². The van der Waals surface area contributed by atoms with Crippen LogP contribution in [-0.4, -0.2) is 19.1 Å². The monoisotopic (exact) mass is 293 g/mol. The van der Waals surface area contributed by atoms with Gasteiger partial charge in [-0.15, -0.1) is 11.3 Å². The Morgan fingerprint density at radius 2 is 2.25 bits per heavy atom. The Kier molecular flexibility index (Phi) is 5.12. The number of rotatable bonds is 6. The van der Waals surface area contributed by atoms with E-state index in [0.717, 1.165) is 5.56 Å². The summed E-state index contributed by atoms with van der Waals surface area (Å²) < 4.78 is 18.8. The number of thiophene rings is 1. The zero-order valence-electron chi connectivity index (χ0n) is 11.2. The van der Waals surface area contributed by atoms with Crippen LogP contribution in [0, 0.1) is 5.82 Å². The number of carbonyl (C=O) groups is 1. The van der Waals surface area contributed by atoms with E-state index >= 15 is 0 Å². The number of halogens is 1. The zero-order chi connectivity index (χ0) is 14.4. The van der Waals surface area contributed by atoms with Gasteiger partial charge < -0.3 is 10.1 Å². The SMILES string of the molecule is CCOc1ccc(CCNC(=O)c2cccs2)cc1F. The molecule has 106 valence electrons. The molecule has 2 aromatic rings. The van der Waals surface area contributed by atoms with Crippen molar-refractivity contribution >= 4 is 17.2 Å². The Morgan fingerprint density at radius 1 is 1.40 bits per heavy atom. The fourth-order valence-corrected chi connectivity index (χ4v) is 2.43. The molecule has 1 N–H and O–H groups in total. The van der Waals surface area contributed by atoms with Crippen LogP contribution in [0.5, 0.6) is 5.75 Å². The van der Waals surface area contributed by atoms with Crippen LogP contribution >= 0.6 is 11.3 Å². The molecule has 0 fully saturated rings.